The lowest BCUT2D eigenvalue weighted by Gasteiger charge is -2.09. The molecule has 2 aromatic carbocycles. The second-order valence-corrected chi connectivity index (χ2v) is 6.54. The Bertz CT molecular complexity index is 872. The first-order valence-corrected chi connectivity index (χ1v) is 9.29. The molecule has 0 radical (unpaired) electrons. The van der Waals surface area contributed by atoms with Gasteiger partial charge in [0, 0.05) is 24.3 Å². The van der Waals surface area contributed by atoms with Gasteiger partial charge in [-0.15, -0.1) is 0 Å². The highest BCUT2D eigenvalue weighted by Crippen LogP contribution is 2.14. The van der Waals surface area contributed by atoms with Crippen LogP contribution < -0.4 is 15.4 Å². The zero-order valence-corrected chi connectivity index (χ0v) is 16.0. The van der Waals surface area contributed by atoms with Crippen LogP contribution in [-0.2, 0) is 12.8 Å². The van der Waals surface area contributed by atoms with E-state index in [2.05, 4.69) is 32.7 Å². The van der Waals surface area contributed by atoms with Gasteiger partial charge in [0.15, 0.2) is 0 Å². The molecule has 3 aromatic rings. The fourth-order valence-corrected chi connectivity index (χ4v) is 2.93. The lowest BCUT2D eigenvalue weighted by Crippen LogP contribution is -2.11. The zero-order chi connectivity index (χ0) is 18.9. The van der Waals surface area contributed by atoms with Gasteiger partial charge in [-0.3, -0.25) is 0 Å². The highest BCUT2D eigenvalue weighted by molar-refractivity contribution is 6.30. The third kappa shape index (κ3) is 6.15. The third-order valence-electron chi connectivity index (χ3n) is 4.10. The topological polar surface area (TPSA) is 59.1 Å². The zero-order valence-electron chi connectivity index (χ0n) is 15.3. The van der Waals surface area contributed by atoms with Crippen LogP contribution in [0, 0.1) is 0 Å². The summed E-state index contributed by atoms with van der Waals surface area (Å²) in [6.45, 7) is 1.53. The number of aromatic nitrogens is 2. The lowest BCUT2D eigenvalue weighted by atomic mass is 10.1. The number of nitrogens with one attached hydrogen (secondary N) is 2. The largest absolute Gasteiger partial charge is 0.497 e. The minimum atomic E-state index is 0.616. The van der Waals surface area contributed by atoms with Gasteiger partial charge in [0.1, 0.15) is 11.6 Å². The number of hydrogen-bond acceptors (Lipinski definition) is 5. The molecule has 0 bridgehead atoms. The molecule has 0 saturated heterocycles. The Morgan fingerprint density at radius 1 is 0.926 bits per heavy atom. The first-order chi connectivity index (χ1) is 13.2. The molecular weight excluding hydrogens is 360 g/mol. The molecule has 0 aliphatic rings. The first kappa shape index (κ1) is 19.0. The minimum Gasteiger partial charge on any atom is -0.497 e. The number of halogens is 1. The van der Waals surface area contributed by atoms with Crippen LogP contribution in [0.1, 0.15) is 11.1 Å². The van der Waals surface area contributed by atoms with Crippen LogP contribution in [0.5, 0.6) is 5.75 Å². The van der Waals surface area contributed by atoms with E-state index in [1.54, 1.807) is 13.3 Å². The van der Waals surface area contributed by atoms with Gasteiger partial charge in [0.25, 0.3) is 0 Å². The summed E-state index contributed by atoms with van der Waals surface area (Å²) in [5.41, 5.74) is 2.40. The molecule has 0 fully saturated rings. The average molecular weight is 383 g/mol. The molecular formula is C21H23ClN4O. The van der Waals surface area contributed by atoms with Crippen molar-refractivity contribution in [2.24, 2.45) is 0 Å². The fraction of sp³-hybridized carbons (Fsp3) is 0.238. The van der Waals surface area contributed by atoms with Gasteiger partial charge < -0.3 is 15.4 Å². The van der Waals surface area contributed by atoms with E-state index in [9.17, 15) is 0 Å². The van der Waals surface area contributed by atoms with E-state index in [-0.39, 0.29) is 0 Å². The number of ether oxygens (including phenoxy) is 1. The van der Waals surface area contributed by atoms with E-state index in [1.807, 2.05) is 42.5 Å². The monoisotopic (exact) mass is 382 g/mol. The van der Waals surface area contributed by atoms with Crippen LogP contribution in [0.4, 0.5) is 11.8 Å². The van der Waals surface area contributed by atoms with Crippen molar-refractivity contribution >= 4 is 23.4 Å². The molecule has 6 heteroatoms. The van der Waals surface area contributed by atoms with Crippen LogP contribution >= 0.6 is 11.6 Å². The lowest BCUT2D eigenvalue weighted by molar-refractivity contribution is 0.414. The predicted molar refractivity (Wildman–Crippen MR) is 111 cm³/mol. The van der Waals surface area contributed by atoms with E-state index in [0.29, 0.717) is 5.95 Å². The first-order valence-electron chi connectivity index (χ1n) is 8.91. The van der Waals surface area contributed by atoms with E-state index >= 15 is 0 Å². The van der Waals surface area contributed by atoms with Crippen molar-refractivity contribution in [2.45, 2.75) is 12.8 Å². The average Bonchev–Trinajstić information content (AvgIpc) is 2.69. The second-order valence-electron chi connectivity index (χ2n) is 6.10. The van der Waals surface area contributed by atoms with Crippen molar-refractivity contribution < 1.29 is 4.74 Å². The Morgan fingerprint density at radius 2 is 1.67 bits per heavy atom. The maximum absolute atomic E-state index is 6.01. The van der Waals surface area contributed by atoms with Crippen molar-refractivity contribution in [3.05, 3.63) is 76.9 Å². The number of methoxy groups -OCH3 is 1. The Labute approximate surface area is 164 Å². The summed E-state index contributed by atoms with van der Waals surface area (Å²) in [7, 11) is 1.68. The highest BCUT2D eigenvalue weighted by Gasteiger charge is 2.01. The molecule has 2 N–H and O–H groups in total. The van der Waals surface area contributed by atoms with Crippen molar-refractivity contribution in [3.63, 3.8) is 0 Å². The molecule has 140 valence electrons. The Kier molecular flexibility index (Phi) is 6.88. The summed E-state index contributed by atoms with van der Waals surface area (Å²) in [6.07, 6.45) is 3.50. The van der Waals surface area contributed by atoms with Gasteiger partial charge in [-0.2, -0.15) is 4.98 Å². The van der Waals surface area contributed by atoms with E-state index in [1.165, 1.54) is 11.1 Å². The Hall–Kier alpha value is -2.79. The predicted octanol–water partition coefficient (Wildman–Crippen LogP) is 4.45. The van der Waals surface area contributed by atoms with E-state index in [4.69, 9.17) is 16.3 Å². The summed E-state index contributed by atoms with van der Waals surface area (Å²) in [5, 5.41) is 7.35. The molecule has 0 unspecified atom stereocenters. The van der Waals surface area contributed by atoms with Gasteiger partial charge in [0.05, 0.1) is 7.11 Å². The van der Waals surface area contributed by atoms with Crippen molar-refractivity contribution in [3.8, 4) is 5.75 Å². The third-order valence-corrected chi connectivity index (χ3v) is 4.33. The number of rotatable bonds is 9. The fourth-order valence-electron chi connectivity index (χ4n) is 2.72. The maximum atomic E-state index is 6.01. The summed E-state index contributed by atoms with van der Waals surface area (Å²) >= 11 is 6.01. The molecule has 3 rings (SSSR count). The Balaban J connectivity index is 1.46. The molecule has 0 atom stereocenters. The maximum Gasteiger partial charge on any atom is 0.224 e. The van der Waals surface area contributed by atoms with Crippen LogP contribution in [0.3, 0.4) is 0 Å². The molecule has 1 aromatic heterocycles. The minimum absolute atomic E-state index is 0.616. The van der Waals surface area contributed by atoms with Crippen LogP contribution in [0.15, 0.2) is 60.8 Å². The molecule has 0 aliphatic carbocycles. The van der Waals surface area contributed by atoms with Gasteiger partial charge in [-0.25, -0.2) is 4.98 Å². The Morgan fingerprint density at radius 3 is 2.44 bits per heavy atom. The second kappa shape index (κ2) is 9.78. The summed E-state index contributed by atoms with van der Waals surface area (Å²) in [4.78, 5) is 8.78. The normalized spacial score (nSPS) is 10.4. The molecule has 5 nitrogen and oxygen atoms in total. The van der Waals surface area contributed by atoms with Gasteiger partial charge in [-0.1, -0.05) is 35.9 Å². The molecule has 0 spiro atoms. The molecule has 0 aliphatic heterocycles. The molecule has 27 heavy (non-hydrogen) atoms. The number of benzene rings is 2. The van der Waals surface area contributed by atoms with Gasteiger partial charge in [-0.05, 0) is 54.3 Å². The van der Waals surface area contributed by atoms with Crippen LogP contribution in [0.25, 0.3) is 0 Å². The molecule has 1 heterocycles. The number of anilines is 2. The van der Waals surface area contributed by atoms with Crippen molar-refractivity contribution in [2.75, 3.05) is 30.8 Å². The smallest absolute Gasteiger partial charge is 0.224 e. The molecule has 0 saturated carbocycles. The van der Waals surface area contributed by atoms with Gasteiger partial charge in [0.2, 0.25) is 5.95 Å². The van der Waals surface area contributed by atoms with Gasteiger partial charge >= 0.3 is 0 Å². The quantitative estimate of drug-likeness (QED) is 0.572. The van der Waals surface area contributed by atoms with E-state index < -0.39 is 0 Å². The van der Waals surface area contributed by atoms with Crippen molar-refractivity contribution in [1.29, 1.82) is 0 Å². The summed E-state index contributed by atoms with van der Waals surface area (Å²) in [6, 6.07) is 17.8. The highest BCUT2D eigenvalue weighted by atomic mass is 35.5. The SMILES string of the molecule is COc1cccc(CCNc2nccc(NCCc3cccc(Cl)c3)n2)c1. The van der Waals surface area contributed by atoms with Crippen molar-refractivity contribution in [1.82, 2.24) is 9.97 Å². The summed E-state index contributed by atoms with van der Waals surface area (Å²) in [5.74, 6) is 2.29. The standard InChI is InChI=1S/C21H23ClN4O/c1-27-19-7-3-5-17(15-19)9-12-24-21-25-13-10-20(26-21)23-11-8-16-4-2-6-18(22)14-16/h2-7,10,13-15H,8-9,11-12H2,1H3,(H2,23,24,25,26). The van der Waals surface area contributed by atoms with Crippen LogP contribution in [-0.4, -0.2) is 30.2 Å². The number of hydrogen-bond donors (Lipinski definition) is 2. The summed E-state index contributed by atoms with van der Waals surface area (Å²) < 4.78 is 5.25. The number of nitrogens with zero attached hydrogens (tertiary/aromatic N) is 2. The van der Waals surface area contributed by atoms with E-state index in [0.717, 1.165) is 42.5 Å². The molecule has 0 amide bonds. The van der Waals surface area contributed by atoms with Crippen LogP contribution in [0.2, 0.25) is 5.02 Å².